The Morgan fingerprint density at radius 1 is 1.47 bits per heavy atom. The smallest absolute Gasteiger partial charge is 0.131 e. The molecule has 2 rings (SSSR count). The maximum Gasteiger partial charge on any atom is 0.131 e. The van der Waals surface area contributed by atoms with Gasteiger partial charge in [-0.3, -0.25) is 0 Å². The molecular weight excluding hydrogens is 307 g/mol. The third kappa shape index (κ3) is 2.06. The van der Waals surface area contributed by atoms with Crippen LogP contribution in [0, 0.1) is 3.57 Å². The normalized spacial score (nSPS) is 19.9. The summed E-state index contributed by atoms with van der Waals surface area (Å²) in [6.07, 6.45) is 0.458. The number of phenolic OH excluding ortho intramolecular Hbond substituents is 1. The van der Waals surface area contributed by atoms with Crippen LogP contribution in [0.15, 0.2) is 12.1 Å². The van der Waals surface area contributed by atoms with E-state index in [-0.39, 0.29) is 11.9 Å². The highest BCUT2D eigenvalue weighted by molar-refractivity contribution is 14.1. The number of benzene rings is 1. The Morgan fingerprint density at radius 2 is 2.13 bits per heavy atom. The molecule has 0 bridgehead atoms. The summed E-state index contributed by atoms with van der Waals surface area (Å²) >= 11 is 2.17. The molecule has 2 N–H and O–H groups in total. The molecule has 1 aromatic carbocycles. The van der Waals surface area contributed by atoms with Crippen molar-refractivity contribution in [1.82, 2.24) is 0 Å². The van der Waals surface area contributed by atoms with Crippen LogP contribution in [0.5, 0.6) is 11.5 Å². The lowest BCUT2D eigenvalue weighted by molar-refractivity contribution is -0.0230. The Hall–Kier alpha value is -0.490. The van der Waals surface area contributed by atoms with Crippen LogP contribution in [0.4, 0.5) is 0 Å². The molecule has 0 aliphatic carbocycles. The van der Waals surface area contributed by atoms with Crippen LogP contribution >= 0.6 is 22.6 Å². The number of aliphatic hydroxyl groups is 1. The summed E-state index contributed by atoms with van der Waals surface area (Å²) in [7, 11) is 0. The Balaban J connectivity index is 2.35. The second-order valence-electron chi connectivity index (χ2n) is 4.37. The van der Waals surface area contributed by atoms with Gasteiger partial charge in [0.25, 0.3) is 0 Å². The van der Waals surface area contributed by atoms with Crippen molar-refractivity contribution in [2.24, 2.45) is 0 Å². The predicted molar refractivity (Wildman–Crippen MR) is 65.2 cm³/mol. The highest BCUT2D eigenvalue weighted by Crippen LogP contribution is 2.38. The molecule has 1 atom stereocenters. The predicted octanol–water partition coefficient (Wildman–Crippen LogP) is 2.07. The minimum absolute atomic E-state index is 0.203. The van der Waals surface area contributed by atoms with E-state index < -0.39 is 5.60 Å². The van der Waals surface area contributed by atoms with Crippen LogP contribution in [0.1, 0.15) is 19.4 Å². The van der Waals surface area contributed by atoms with Crippen LogP contribution in [-0.2, 0) is 6.42 Å². The van der Waals surface area contributed by atoms with E-state index in [1.54, 1.807) is 26.0 Å². The SMILES string of the molecule is CC(C)(O)[C@@H]1Cc2c(I)cc(O)cc2O1. The van der Waals surface area contributed by atoms with Crippen molar-refractivity contribution in [1.29, 1.82) is 0 Å². The molecule has 1 aromatic rings. The molecule has 1 aliphatic heterocycles. The lowest BCUT2D eigenvalue weighted by Gasteiger charge is -2.24. The number of ether oxygens (including phenoxy) is 1. The molecule has 0 radical (unpaired) electrons. The average Bonchev–Trinajstić information content (AvgIpc) is 2.46. The zero-order chi connectivity index (χ0) is 11.2. The fraction of sp³-hybridized carbons (Fsp3) is 0.455. The summed E-state index contributed by atoms with van der Waals surface area (Å²) in [6.45, 7) is 3.46. The third-order valence-electron chi connectivity index (χ3n) is 2.59. The first kappa shape index (κ1) is 11.0. The number of phenols is 1. The van der Waals surface area contributed by atoms with Gasteiger partial charge in [0.05, 0.1) is 5.60 Å². The largest absolute Gasteiger partial charge is 0.508 e. The molecule has 4 heteroatoms. The maximum atomic E-state index is 9.86. The molecule has 0 aromatic heterocycles. The van der Waals surface area contributed by atoms with E-state index in [0.29, 0.717) is 12.2 Å². The molecule has 0 unspecified atom stereocenters. The Labute approximate surface area is 102 Å². The summed E-state index contributed by atoms with van der Waals surface area (Å²) < 4.78 is 6.60. The summed E-state index contributed by atoms with van der Waals surface area (Å²) in [4.78, 5) is 0. The summed E-state index contributed by atoms with van der Waals surface area (Å²) in [5.41, 5.74) is 0.207. The Bertz CT molecular complexity index is 396. The highest BCUT2D eigenvalue weighted by atomic mass is 127. The molecule has 15 heavy (non-hydrogen) atoms. The molecule has 1 aliphatic rings. The molecule has 0 saturated heterocycles. The fourth-order valence-electron chi connectivity index (χ4n) is 1.68. The fourth-order valence-corrected chi connectivity index (χ4v) is 2.48. The van der Waals surface area contributed by atoms with E-state index in [1.807, 2.05) is 0 Å². The van der Waals surface area contributed by atoms with E-state index >= 15 is 0 Å². The van der Waals surface area contributed by atoms with Crippen LogP contribution in [-0.4, -0.2) is 21.9 Å². The molecule has 0 amide bonds. The highest BCUT2D eigenvalue weighted by Gasteiger charge is 2.35. The number of halogens is 1. The van der Waals surface area contributed by atoms with Gasteiger partial charge in [0.2, 0.25) is 0 Å². The first-order chi connectivity index (χ1) is 6.88. The van der Waals surface area contributed by atoms with Gasteiger partial charge in [-0.1, -0.05) is 0 Å². The number of aromatic hydroxyl groups is 1. The van der Waals surface area contributed by atoms with Gasteiger partial charge in [0, 0.05) is 21.6 Å². The van der Waals surface area contributed by atoms with Crippen molar-refractivity contribution >= 4 is 22.6 Å². The van der Waals surface area contributed by atoms with Crippen molar-refractivity contribution in [3.05, 3.63) is 21.3 Å². The average molecular weight is 320 g/mol. The van der Waals surface area contributed by atoms with Crippen LogP contribution in [0.2, 0.25) is 0 Å². The van der Waals surface area contributed by atoms with Gasteiger partial charge in [-0.25, -0.2) is 0 Å². The zero-order valence-electron chi connectivity index (χ0n) is 8.62. The van der Waals surface area contributed by atoms with Crippen LogP contribution in [0.25, 0.3) is 0 Å². The topological polar surface area (TPSA) is 49.7 Å². The molecular formula is C11H13IO3. The van der Waals surface area contributed by atoms with Gasteiger partial charge in [-0.2, -0.15) is 0 Å². The lowest BCUT2D eigenvalue weighted by atomic mass is 9.97. The standard InChI is InChI=1S/C11H13IO3/c1-11(2,14)10-5-7-8(12)3-6(13)4-9(7)15-10/h3-4,10,13-14H,5H2,1-2H3/t10-/m0/s1. The molecule has 0 fully saturated rings. The minimum Gasteiger partial charge on any atom is -0.508 e. The summed E-state index contributed by atoms with van der Waals surface area (Å²) in [5, 5.41) is 19.3. The van der Waals surface area contributed by atoms with Gasteiger partial charge in [0.1, 0.15) is 17.6 Å². The van der Waals surface area contributed by atoms with E-state index in [4.69, 9.17) is 4.74 Å². The van der Waals surface area contributed by atoms with Crippen LogP contribution < -0.4 is 4.74 Å². The second-order valence-corrected chi connectivity index (χ2v) is 5.53. The number of fused-ring (bicyclic) bond motifs is 1. The molecule has 0 spiro atoms. The monoisotopic (exact) mass is 320 g/mol. The maximum absolute atomic E-state index is 9.86. The van der Waals surface area contributed by atoms with Crippen LogP contribution in [0.3, 0.4) is 0 Å². The number of hydrogen-bond donors (Lipinski definition) is 2. The van der Waals surface area contributed by atoms with E-state index in [2.05, 4.69) is 22.6 Å². The molecule has 82 valence electrons. The van der Waals surface area contributed by atoms with Gasteiger partial charge in [-0.15, -0.1) is 0 Å². The third-order valence-corrected chi connectivity index (χ3v) is 3.55. The van der Waals surface area contributed by atoms with Crippen molar-refractivity contribution in [3.8, 4) is 11.5 Å². The summed E-state index contributed by atoms with van der Waals surface area (Å²) in [6, 6.07) is 3.30. The van der Waals surface area contributed by atoms with Crippen molar-refractivity contribution in [2.45, 2.75) is 32.0 Å². The molecule has 0 saturated carbocycles. The van der Waals surface area contributed by atoms with Gasteiger partial charge in [-0.05, 0) is 42.5 Å². The minimum atomic E-state index is -0.863. The first-order valence-corrected chi connectivity index (χ1v) is 5.86. The van der Waals surface area contributed by atoms with Gasteiger partial charge < -0.3 is 14.9 Å². The van der Waals surface area contributed by atoms with E-state index in [9.17, 15) is 10.2 Å². The zero-order valence-corrected chi connectivity index (χ0v) is 10.8. The van der Waals surface area contributed by atoms with E-state index in [0.717, 1.165) is 9.13 Å². The number of rotatable bonds is 1. The molecule has 1 heterocycles. The van der Waals surface area contributed by atoms with Crippen molar-refractivity contribution in [2.75, 3.05) is 0 Å². The number of hydrogen-bond acceptors (Lipinski definition) is 3. The Kier molecular flexibility index (Phi) is 2.58. The van der Waals surface area contributed by atoms with E-state index in [1.165, 1.54) is 0 Å². The van der Waals surface area contributed by atoms with Crippen molar-refractivity contribution in [3.63, 3.8) is 0 Å². The first-order valence-electron chi connectivity index (χ1n) is 4.78. The second kappa shape index (κ2) is 3.52. The van der Waals surface area contributed by atoms with Crippen molar-refractivity contribution < 1.29 is 14.9 Å². The summed E-state index contributed by atoms with van der Waals surface area (Å²) in [5.74, 6) is 0.890. The quantitative estimate of drug-likeness (QED) is 0.779. The lowest BCUT2D eigenvalue weighted by Crippen LogP contribution is -2.39. The van der Waals surface area contributed by atoms with Gasteiger partial charge in [0.15, 0.2) is 0 Å². The Morgan fingerprint density at radius 3 is 2.73 bits per heavy atom. The molecule has 3 nitrogen and oxygen atoms in total. The van der Waals surface area contributed by atoms with Gasteiger partial charge >= 0.3 is 0 Å².